The predicted octanol–water partition coefficient (Wildman–Crippen LogP) is 0.984. The number of nitro groups is 1. The van der Waals surface area contributed by atoms with Crippen LogP contribution in [0.5, 0.6) is 0 Å². The molecule has 0 amide bonds. The summed E-state index contributed by atoms with van der Waals surface area (Å²) >= 11 is 0. The second-order valence-corrected chi connectivity index (χ2v) is 5.82. The number of nitrogens with one attached hydrogen (secondary N) is 1. The Hall–Kier alpha value is -2.00. The zero-order valence-corrected chi connectivity index (χ0v) is 11.5. The molecule has 0 aromatic heterocycles. The molecule has 0 aliphatic heterocycles. The summed E-state index contributed by atoms with van der Waals surface area (Å²) in [7, 11) is -3.97. The van der Waals surface area contributed by atoms with E-state index < -0.39 is 26.8 Å². The molecule has 110 valence electrons. The molecule has 0 fully saturated rings. The van der Waals surface area contributed by atoms with Crippen LogP contribution in [-0.4, -0.2) is 31.0 Å². The summed E-state index contributed by atoms with van der Waals surface area (Å²) in [6.07, 6.45) is 0.271. The Balaban J connectivity index is 2.91. The van der Waals surface area contributed by atoms with Crippen molar-refractivity contribution in [2.24, 2.45) is 5.92 Å². The molecule has 1 atom stereocenters. The molecular weight excluding hydrogens is 288 g/mol. The van der Waals surface area contributed by atoms with Crippen LogP contribution in [0, 0.1) is 16.0 Å². The van der Waals surface area contributed by atoms with Gasteiger partial charge in [-0.3, -0.25) is 14.9 Å². The number of carboxylic acid groups (broad SMARTS) is 1. The summed E-state index contributed by atoms with van der Waals surface area (Å²) in [5, 5.41) is 19.4. The standard InChI is InChI=1S/C11H14N2O6S/c1-2-8(11(14)15)7-12-20(18,19)10-5-3-4-9(6-10)13(16)17/h3-6,8,12H,2,7H2,1H3,(H,14,15). The lowest BCUT2D eigenvalue weighted by atomic mass is 10.1. The zero-order chi connectivity index (χ0) is 15.3. The molecule has 2 N–H and O–H groups in total. The third-order valence-electron chi connectivity index (χ3n) is 2.70. The highest BCUT2D eigenvalue weighted by Gasteiger charge is 2.21. The van der Waals surface area contributed by atoms with Crippen LogP contribution in [0.15, 0.2) is 29.2 Å². The minimum absolute atomic E-state index is 0.267. The molecule has 0 aliphatic rings. The average Bonchev–Trinajstić information content (AvgIpc) is 2.39. The van der Waals surface area contributed by atoms with Gasteiger partial charge in [-0.15, -0.1) is 0 Å². The first kappa shape index (κ1) is 16.1. The van der Waals surface area contributed by atoms with Crippen LogP contribution in [0.25, 0.3) is 0 Å². The zero-order valence-electron chi connectivity index (χ0n) is 10.6. The van der Waals surface area contributed by atoms with Crippen molar-refractivity contribution in [3.8, 4) is 0 Å². The van der Waals surface area contributed by atoms with E-state index in [4.69, 9.17) is 5.11 Å². The van der Waals surface area contributed by atoms with Crippen LogP contribution in [0.3, 0.4) is 0 Å². The number of rotatable bonds is 7. The highest BCUT2D eigenvalue weighted by Crippen LogP contribution is 2.17. The molecule has 0 bridgehead atoms. The van der Waals surface area contributed by atoms with E-state index in [1.165, 1.54) is 18.2 Å². The summed E-state index contributed by atoms with van der Waals surface area (Å²) in [5.74, 6) is -1.95. The van der Waals surface area contributed by atoms with Gasteiger partial charge in [0.05, 0.1) is 15.7 Å². The highest BCUT2D eigenvalue weighted by molar-refractivity contribution is 7.89. The molecule has 1 aromatic carbocycles. The molecule has 8 nitrogen and oxygen atoms in total. The predicted molar refractivity (Wildman–Crippen MR) is 69.7 cm³/mol. The van der Waals surface area contributed by atoms with Crippen LogP contribution in [0.1, 0.15) is 13.3 Å². The van der Waals surface area contributed by atoms with Crippen molar-refractivity contribution in [2.45, 2.75) is 18.2 Å². The smallest absolute Gasteiger partial charge is 0.307 e. The van der Waals surface area contributed by atoms with E-state index in [1.807, 2.05) is 0 Å². The number of nitrogens with zero attached hydrogens (tertiary/aromatic N) is 1. The largest absolute Gasteiger partial charge is 0.481 e. The monoisotopic (exact) mass is 302 g/mol. The summed E-state index contributed by atoms with van der Waals surface area (Å²) in [6, 6.07) is 4.55. The topological polar surface area (TPSA) is 127 Å². The van der Waals surface area contributed by atoms with E-state index in [0.29, 0.717) is 0 Å². The number of hydrogen-bond acceptors (Lipinski definition) is 5. The van der Waals surface area contributed by atoms with Gasteiger partial charge >= 0.3 is 5.97 Å². The maximum atomic E-state index is 11.9. The molecule has 0 aliphatic carbocycles. The number of benzene rings is 1. The number of carbonyl (C=O) groups is 1. The van der Waals surface area contributed by atoms with Crippen molar-refractivity contribution in [1.82, 2.24) is 4.72 Å². The summed E-state index contributed by atoms with van der Waals surface area (Å²) in [4.78, 5) is 20.4. The number of carboxylic acids is 1. The molecule has 1 unspecified atom stereocenters. The second kappa shape index (κ2) is 6.44. The van der Waals surface area contributed by atoms with Gasteiger partial charge in [-0.25, -0.2) is 13.1 Å². The third kappa shape index (κ3) is 4.00. The lowest BCUT2D eigenvalue weighted by Gasteiger charge is -2.11. The number of hydrogen-bond donors (Lipinski definition) is 2. The van der Waals surface area contributed by atoms with Crippen molar-refractivity contribution < 1.29 is 23.2 Å². The van der Waals surface area contributed by atoms with E-state index in [2.05, 4.69) is 4.72 Å². The third-order valence-corrected chi connectivity index (χ3v) is 4.12. The summed E-state index contributed by atoms with van der Waals surface area (Å²) in [5.41, 5.74) is -0.349. The van der Waals surface area contributed by atoms with Crippen molar-refractivity contribution in [2.75, 3.05) is 6.54 Å². The molecule has 9 heteroatoms. The Morgan fingerprint density at radius 1 is 1.50 bits per heavy atom. The fourth-order valence-electron chi connectivity index (χ4n) is 1.46. The Morgan fingerprint density at radius 2 is 2.15 bits per heavy atom. The fraction of sp³-hybridized carbons (Fsp3) is 0.364. The van der Waals surface area contributed by atoms with Crippen molar-refractivity contribution >= 4 is 21.7 Å². The first-order chi connectivity index (χ1) is 9.27. The van der Waals surface area contributed by atoms with Crippen molar-refractivity contribution in [3.05, 3.63) is 34.4 Å². The second-order valence-electron chi connectivity index (χ2n) is 4.05. The van der Waals surface area contributed by atoms with Gasteiger partial charge in [-0.05, 0) is 12.5 Å². The Morgan fingerprint density at radius 3 is 2.65 bits per heavy atom. The van der Waals surface area contributed by atoms with Gasteiger partial charge in [0.1, 0.15) is 0 Å². The maximum Gasteiger partial charge on any atom is 0.307 e. The van der Waals surface area contributed by atoms with E-state index >= 15 is 0 Å². The van der Waals surface area contributed by atoms with Gasteiger partial charge < -0.3 is 5.11 Å². The molecule has 0 saturated carbocycles. The first-order valence-electron chi connectivity index (χ1n) is 5.75. The summed E-state index contributed by atoms with van der Waals surface area (Å²) < 4.78 is 26.0. The van der Waals surface area contributed by atoms with Crippen LogP contribution in [0.2, 0.25) is 0 Å². The lowest BCUT2D eigenvalue weighted by Crippen LogP contribution is -2.32. The minimum Gasteiger partial charge on any atom is -0.481 e. The SMILES string of the molecule is CCC(CNS(=O)(=O)c1cccc([N+](=O)[O-])c1)C(=O)O. The van der Waals surface area contributed by atoms with Crippen molar-refractivity contribution in [1.29, 1.82) is 0 Å². The van der Waals surface area contributed by atoms with Gasteiger partial charge in [-0.1, -0.05) is 13.0 Å². The van der Waals surface area contributed by atoms with Crippen LogP contribution < -0.4 is 4.72 Å². The molecule has 1 rings (SSSR count). The van der Waals surface area contributed by atoms with Crippen molar-refractivity contribution in [3.63, 3.8) is 0 Å². The summed E-state index contributed by atoms with van der Waals surface area (Å²) in [6.45, 7) is 1.36. The Kier molecular flexibility index (Phi) is 5.17. The molecule has 0 heterocycles. The molecule has 0 spiro atoms. The van der Waals surface area contributed by atoms with Gasteiger partial charge in [0.15, 0.2) is 0 Å². The van der Waals surface area contributed by atoms with Gasteiger partial charge in [0.2, 0.25) is 10.0 Å². The molecule has 1 aromatic rings. The minimum atomic E-state index is -3.97. The molecule has 0 saturated heterocycles. The average molecular weight is 302 g/mol. The molecule has 0 radical (unpaired) electrons. The van der Waals surface area contributed by atoms with E-state index in [9.17, 15) is 23.3 Å². The Bertz CT molecular complexity index is 613. The van der Waals surface area contributed by atoms with Crippen LogP contribution >= 0.6 is 0 Å². The van der Waals surface area contributed by atoms with Gasteiger partial charge in [0.25, 0.3) is 5.69 Å². The van der Waals surface area contributed by atoms with E-state index in [1.54, 1.807) is 6.92 Å². The van der Waals surface area contributed by atoms with E-state index in [0.717, 1.165) is 6.07 Å². The maximum absolute atomic E-state index is 11.9. The normalized spacial score (nSPS) is 12.8. The number of aliphatic carboxylic acids is 1. The Labute approximate surface area is 115 Å². The van der Waals surface area contributed by atoms with E-state index in [-0.39, 0.29) is 23.5 Å². The molecule has 20 heavy (non-hydrogen) atoms. The van der Waals surface area contributed by atoms with Gasteiger partial charge in [0, 0.05) is 18.7 Å². The fourth-order valence-corrected chi connectivity index (χ4v) is 2.59. The number of non-ortho nitro benzene ring substituents is 1. The first-order valence-corrected chi connectivity index (χ1v) is 7.23. The molecular formula is C11H14N2O6S. The van der Waals surface area contributed by atoms with Crippen LogP contribution in [-0.2, 0) is 14.8 Å². The van der Waals surface area contributed by atoms with Crippen LogP contribution in [0.4, 0.5) is 5.69 Å². The number of nitro benzene ring substituents is 1. The highest BCUT2D eigenvalue weighted by atomic mass is 32.2. The number of sulfonamides is 1. The lowest BCUT2D eigenvalue weighted by molar-refractivity contribution is -0.385. The quantitative estimate of drug-likeness (QED) is 0.571. The van der Waals surface area contributed by atoms with Gasteiger partial charge in [-0.2, -0.15) is 0 Å².